The van der Waals surface area contributed by atoms with Crippen molar-refractivity contribution in [3.05, 3.63) is 0 Å². The van der Waals surface area contributed by atoms with Crippen LogP contribution >= 0.6 is 0 Å². The van der Waals surface area contributed by atoms with E-state index in [0.717, 1.165) is 71.8 Å². The number of rotatable bonds is 5. The van der Waals surface area contributed by atoms with Crippen LogP contribution in [0.5, 0.6) is 0 Å². The van der Waals surface area contributed by atoms with Gasteiger partial charge in [-0.15, -0.1) is 0 Å². The molecule has 0 bridgehead atoms. The zero-order valence-corrected chi connectivity index (χ0v) is 12.6. The van der Waals surface area contributed by atoms with E-state index in [-0.39, 0.29) is 5.54 Å². The molecule has 0 amide bonds. The van der Waals surface area contributed by atoms with Crippen LogP contribution in [0.1, 0.15) is 12.8 Å². The van der Waals surface area contributed by atoms with Crippen molar-refractivity contribution in [2.45, 2.75) is 18.4 Å². The summed E-state index contributed by atoms with van der Waals surface area (Å²) in [5.74, 6) is 0. The van der Waals surface area contributed by atoms with Gasteiger partial charge in [-0.3, -0.25) is 9.80 Å². The first-order valence-electron chi connectivity index (χ1n) is 7.52. The average molecular weight is 270 g/mol. The predicted octanol–water partition coefficient (Wildman–Crippen LogP) is -0.326. The highest BCUT2D eigenvalue weighted by Gasteiger charge is 2.32. The van der Waals surface area contributed by atoms with E-state index < -0.39 is 0 Å². The topological polar surface area (TPSA) is 45.0 Å². The molecule has 0 aliphatic carbocycles. The lowest BCUT2D eigenvalue weighted by Gasteiger charge is -2.43. The van der Waals surface area contributed by atoms with E-state index in [2.05, 4.69) is 21.7 Å². The van der Waals surface area contributed by atoms with Crippen LogP contribution in [0.15, 0.2) is 0 Å². The lowest BCUT2D eigenvalue weighted by molar-refractivity contribution is 0.0714. The van der Waals surface area contributed by atoms with Crippen molar-refractivity contribution in [2.75, 3.05) is 73.1 Å². The van der Waals surface area contributed by atoms with Crippen LogP contribution in [0.4, 0.5) is 0 Å². The number of ether oxygens (including phenoxy) is 1. The standard InChI is InChI=1S/C14H30N4O/c1-16-5-3-14(15,4-6-16)13-18-9-7-17(8-10-18)11-12-19-2/h3-13,15H2,1-2H3. The van der Waals surface area contributed by atoms with Gasteiger partial charge in [0.1, 0.15) is 0 Å². The van der Waals surface area contributed by atoms with Gasteiger partial charge in [0.15, 0.2) is 0 Å². The minimum Gasteiger partial charge on any atom is -0.383 e. The van der Waals surface area contributed by atoms with Crippen molar-refractivity contribution in [2.24, 2.45) is 5.73 Å². The van der Waals surface area contributed by atoms with Gasteiger partial charge < -0.3 is 15.4 Å². The Hall–Kier alpha value is -0.200. The predicted molar refractivity (Wildman–Crippen MR) is 78.4 cm³/mol. The van der Waals surface area contributed by atoms with Crippen LogP contribution in [-0.2, 0) is 4.74 Å². The Kier molecular flexibility index (Phi) is 5.59. The number of piperidine rings is 1. The van der Waals surface area contributed by atoms with Crippen LogP contribution in [0, 0.1) is 0 Å². The minimum atomic E-state index is 0.0429. The molecule has 2 N–H and O–H groups in total. The van der Waals surface area contributed by atoms with Crippen molar-refractivity contribution >= 4 is 0 Å². The maximum absolute atomic E-state index is 6.57. The summed E-state index contributed by atoms with van der Waals surface area (Å²) >= 11 is 0. The Bertz CT molecular complexity index is 258. The molecule has 0 aromatic carbocycles. The van der Waals surface area contributed by atoms with Gasteiger partial charge >= 0.3 is 0 Å². The molecule has 2 aliphatic rings. The van der Waals surface area contributed by atoms with Gasteiger partial charge in [0, 0.05) is 51.9 Å². The van der Waals surface area contributed by atoms with E-state index >= 15 is 0 Å². The average Bonchev–Trinajstić information content (AvgIpc) is 2.42. The summed E-state index contributed by atoms with van der Waals surface area (Å²) in [6, 6.07) is 0. The highest BCUT2D eigenvalue weighted by atomic mass is 16.5. The fourth-order valence-electron chi connectivity index (χ4n) is 3.06. The van der Waals surface area contributed by atoms with Crippen molar-refractivity contribution in [3.63, 3.8) is 0 Å². The van der Waals surface area contributed by atoms with E-state index in [1.54, 1.807) is 7.11 Å². The van der Waals surface area contributed by atoms with Gasteiger partial charge in [-0.1, -0.05) is 0 Å². The molecule has 2 rings (SSSR count). The van der Waals surface area contributed by atoms with Crippen molar-refractivity contribution in [3.8, 4) is 0 Å². The van der Waals surface area contributed by atoms with E-state index in [0.29, 0.717) is 0 Å². The summed E-state index contributed by atoms with van der Waals surface area (Å²) in [6.45, 7) is 9.86. The molecule has 0 aromatic rings. The Morgan fingerprint density at radius 1 is 1.00 bits per heavy atom. The molecule has 2 saturated heterocycles. The molecular weight excluding hydrogens is 240 g/mol. The van der Waals surface area contributed by atoms with Gasteiger partial charge in [0.05, 0.1) is 6.61 Å². The number of hydrogen-bond donors (Lipinski definition) is 1. The zero-order valence-electron chi connectivity index (χ0n) is 12.6. The SMILES string of the molecule is COCCN1CCN(CC2(N)CCN(C)CC2)CC1. The maximum Gasteiger partial charge on any atom is 0.0589 e. The van der Waals surface area contributed by atoms with E-state index in [4.69, 9.17) is 10.5 Å². The first-order chi connectivity index (χ1) is 9.11. The lowest BCUT2D eigenvalue weighted by atomic mass is 9.88. The largest absolute Gasteiger partial charge is 0.383 e. The highest BCUT2D eigenvalue weighted by molar-refractivity contribution is 4.93. The molecule has 0 saturated carbocycles. The number of nitrogens with two attached hydrogens (primary N) is 1. The van der Waals surface area contributed by atoms with Crippen LogP contribution < -0.4 is 5.73 Å². The molecule has 2 fully saturated rings. The number of hydrogen-bond acceptors (Lipinski definition) is 5. The third kappa shape index (κ3) is 4.68. The van der Waals surface area contributed by atoms with Crippen molar-refractivity contribution in [1.29, 1.82) is 0 Å². The summed E-state index contributed by atoms with van der Waals surface area (Å²) in [5, 5.41) is 0. The molecule has 0 unspecified atom stereocenters. The molecule has 112 valence electrons. The molecule has 0 atom stereocenters. The first kappa shape index (κ1) is 15.2. The minimum absolute atomic E-state index is 0.0429. The highest BCUT2D eigenvalue weighted by Crippen LogP contribution is 2.20. The lowest BCUT2D eigenvalue weighted by Crippen LogP contribution is -2.59. The van der Waals surface area contributed by atoms with E-state index in [1.807, 2.05) is 0 Å². The fourth-order valence-corrected chi connectivity index (χ4v) is 3.06. The van der Waals surface area contributed by atoms with Crippen molar-refractivity contribution in [1.82, 2.24) is 14.7 Å². The van der Waals surface area contributed by atoms with Crippen LogP contribution in [0.3, 0.4) is 0 Å². The Morgan fingerprint density at radius 3 is 2.16 bits per heavy atom. The summed E-state index contributed by atoms with van der Waals surface area (Å²) in [5.41, 5.74) is 6.61. The number of likely N-dealkylation sites (tertiary alicyclic amines) is 1. The Balaban J connectivity index is 1.70. The molecular formula is C14H30N4O. The quantitative estimate of drug-likeness (QED) is 0.741. The van der Waals surface area contributed by atoms with E-state index in [9.17, 15) is 0 Å². The molecule has 0 radical (unpaired) electrons. The second-order valence-electron chi connectivity index (χ2n) is 6.28. The molecule has 0 aromatic heterocycles. The summed E-state index contributed by atoms with van der Waals surface area (Å²) in [6.07, 6.45) is 2.26. The smallest absolute Gasteiger partial charge is 0.0589 e. The third-order valence-electron chi connectivity index (χ3n) is 4.60. The van der Waals surface area contributed by atoms with Crippen LogP contribution in [0.25, 0.3) is 0 Å². The second-order valence-corrected chi connectivity index (χ2v) is 6.28. The summed E-state index contributed by atoms with van der Waals surface area (Å²) < 4.78 is 5.14. The van der Waals surface area contributed by atoms with Crippen molar-refractivity contribution < 1.29 is 4.74 Å². The van der Waals surface area contributed by atoms with E-state index in [1.165, 1.54) is 0 Å². The second kappa shape index (κ2) is 6.99. The van der Waals surface area contributed by atoms with Gasteiger partial charge in [0.25, 0.3) is 0 Å². The molecule has 2 aliphatic heterocycles. The maximum atomic E-state index is 6.57. The summed E-state index contributed by atoms with van der Waals surface area (Å²) in [4.78, 5) is 7.42. The normalized spacial score (nSPS) is 26.7. The van der Waals surface area contributed by atoms with Gasteiger partial charge in [-0.25, -0.2) is 0 Å². The summed E-state index contributed by atoms with van der Waals surface area (Å²) in [7, 11) is 3.96. The van der Waals surface area contributed by atoms with Crippen LogP contribution in [-0.4, -0.2) is 93.4 Å². The van der Waals surface area contributed by atoms with Gasteiger partial charge in [-0.2, -0.15) is 0 Å². The number of methoxy groups -OCH3 is 1. The van der Waals surface area contributed by atoms with Crippen LogP contribution in [0.2, 0.25) is 0 Å². The number of piperazine rings is 1. The first-order valence-corrected chi connectivity index (χ1v) is 7.52. The monoisotopic (exact) mass is 270 g/mol. The Morgan fingerprint density at radius 2 is 1.58 bits per heavy atom. The number of nitrogens with zero attached hydrogens (tertiary/aromatic N) is 3. The van der Waals surface area contributed by atoms with Gasteiger partial charge in [0.2, 0.25) is 0 Å². The fraction of sp³-hybridized carbons (Fsp3) is 1.00. The molecule has 5 heteroatoms. The molecule has 19 heavy (non-hydrogen) atoms. The molecule has 5 nitrogen and oxygen atoms in total. The Labute approximate surface area is 117 Å². The van der Waals surface area contributed by atoms with Gasteiger partial charge in [-0.05, 0) is 33.0 Å². The molecule has 0 spiro atoms. The molecule has 2 heterocycles. The third-order valence-corrected chi connectivity index (χ3v) is 4.60. The zero-order chi connectivity index (χ0) is 13.7.